The van der Waals surface area contributed by atoms with Crippen molar-refractivity contribution >= 4 is 29.3 Å². The van der Waals surface area contributed by atoms with Gasteiger partial charge in [-0.05, 0) is 19.3 Å². The molecule has 0 aliphatic carbocycles. The fraction of sp³-hybridized carbons (Fsp3) is 0.545. The highest BCUT2D eigenvalue weighted by Crippen LogP contribution is 2.25. The van der Waals surface area contributed by atoms with Crippen LogP contribution in [0.3, 0.4) is 0 Å². The minimum absolute atomic E-state index is 0.0111. The van der Waals surface area contributed by atoms with Gasteiger partial charge in [0.05, 0.1) is 0 Å². The quantitative estimate of drug-likeness (QED) is 0.777. The third kappa shape index (κ3) is 2.64. The number of aromatic nitrogens is 2. The number of nitrogens with one attached hydrogen (secondary N) is 1. The zero-order valence-corrected chi connectivity index (χ0v) is 10.9. The first-order valence-electron chi connectivity index (χ1n) is 5.90. The molecule has 1 amide bonds. The zero-order chi connectivity index (χ0) is 13.1. The van der Waals surface area contributed by atoms with E-state index in [-0.39, 0.29) is 17.9 Å². The summed E-state index contributed by atoms with van der Waals surface area (Å²) < 4.78 is 0. The van der Waals surface area contributed by atoms with Crippen LogP contribution in [-0.4, -0.2) is 35.5 Å². The number of piperidine rings is 1. The maximum atomic E-state index is 11.9. The summed E-state index contributed by atoms with van der Waals surface area (Å²) in [5.74, 6) is 0.725. The molecule has 2 heterocycles. The second-order valence-electron chi connectivity index (χ2n) is 4.23. The van der Waals surface area contributed by atoms with Gasteiger partial charge in [-0.2, -0.15) is 4.98 Å². The molecule has 0 spiro atoms. The summed E-state index contributed by atoms with van der Waals surface area (Å²) in [6, 6.07) is 1.42. The van der Waals surface area contributed by atoms with Crippen LogP contribution >= 0.6 is 11.6 Å². The summed E-state index contributed by atoms with van der Waals surface area (Å²) in [4.78, 5) is 21.8. The van der Waals surface area contributed by atoms with Crippen LogP contribution in [0.25, 0.3) is 0 Å². The van der Waals surface area contributed by atoms with E-state index < -0.39 is 0 Å². The molecule has 1 saturated heterocycles. The van der Waals surface area contributed by atoms with Gasteiger partial charge in [0.25, 0.3) is 0 Å². The van der Waals surface area contributed by atoms with Gasteiger partial charge in [-0.25, -0.2) is 4.98 Å². The first kappa shape index (κ1) is 12.9. The predicted octanol–water partition coefficient (Wildman–Crippen LogP) is 0.817. The second kappa shape index (κ2) is 5.39. The van der Waals surface area contributed by atoms with Gasteiger partial charge >= 0.3 is 0 Å². The summed E-state index contributed by atoms with van der Waals surface area (Å²) in [6.07, 6.45) is 2.86. The van der Waals surface area contributed by atoms with Crippen LogP contribution in [0.15, 0.2) is 6.07 Å². The van der Waals surface area contributed by atoms with Gasteiger partial charge < -0.3 is 16.0 Å². The number of anilines is 2. The topological polar surface area (TPSA) is 84.1 Å². The third-order valence-corrected chi connectivity index (χ3v) is 3.24. The normalized spacial score (nSPS) is 19.7. The van der Waals surface area contributed by atoms with Gasteiger partial charge in [-0.1, -0.05) is 11.6 Å². The van der Waals surface area contributed by atoms with Crippen LogP contribution in [0.1, 0.15) is 19.3 Å². The van der Waals surface area contributed by atoms with Gasteiger partial charge in [0, 0.05) is 19.7 Å². The van der Waals surface area contributed by atoms with Crippen molar-refractivity contribution in [3.05, 3.63) is 11.2 Å². The average molecular weight is 270 g/mol. The number of nitrogens with zero attached hydrogens (tertiary/aromatic N) is 3. The maximum Gasteiger partial charge on any atom is 0.242 e. The van der Waals surface area contributed by atoms with Gasteiger partial charge in [0.1, 0.15) is 17.0 Å². The molecule has 6 nitrogen and oxygen atoms in total. The Kier molecular flexibility index (Phi) is 3.86. The molecule has 0 saturated carbocycles. The number of halogens is 1. The molecule has 1 aliphatic rings. The van der Waals surface area contributed by atoms with Crippen LogP contribution in [0.2, 0.25) is 5.15 Å². The van der Waals surface area contributed by atoms with Crippen LogP contribution in [0, 0.1) is 0 Å². The van der Waals surface area contributed by atoms with Crippen molar-refractivity contribution in [1.82, 2.24) is 15.3 Å². The number of carbonyl (C=O) groups is 1. The standard InChI is InChI=1S/C11H16ClN5O/c1-14-10(18)7-4-2-3-5-17(7)9-6-8(12)15-11(13)16-9/h6-7H,2-5H2,1H3,(H,14,18)(H2,13,15,16). The Labute approximate surface area is 111 Å². The van der Waals surface area contributed by atoms with Crippen LogP contribution in [0.5, 0.6) is 0 Å². The number of nitrogens with two attached hydrogens (primary N) is 1. The summed E-state index contributed by atoms with van der Waals surface area (Å²) in [6.45, 7) is 0.769. The number of rotatable bonds is 2. The van der Waals surface area contributed by atoms with Gasteiger partial charge in [-0.3, -0.25) is 4.79 Å². The van der Waals surface area contributed by atoms with Gasteiger partial charge in [0.2, 0.25) is 11.9 Å². The lowest BCUT2D eigenvalue weighted by Gasteiger charge is -2.35. The largest absolute Gasteiger partial charge is 0.368 e. The van der Waals surface area contributed by atoms with Crippen LogP contribution in [-0.2, 0) is 4.79 Å². The third-order valence-electron chi connectivity index (χ3n) is 3.04. The number of nitrogen functional groups attached to an aromatic ring is 1. The van der Waals surface area contributed by atoms with Crippen LogP contribution in [0.4, 0.5) is 11.8 Å². The lowest BCUT2D eigenvalue weighted by molar-refractivity contribution is -0.122. The Morgan fingerprint density at radius 3 is 3.00 bits per heavy atom. The van der Waals surface area contributed by atoms with Gasteiger partial charge in [-0.15, -0.1) is 0 Å². The Morgan fingerprint density at radius 2 is 2.33 bits per heavy atom. The summed E-state index contributed by atoms with van der Waals surface area (Å²) in [7, 11) is 1.64. The smallest absolute Gasteiger partial charge is 0.242 e. The minimum Gasteiger partial charge on any atom is -0.368 e. The molecular formula is C11H16ClN5O. The molecule has 2 rings (SSSR count). The molecule has 0 aromatic carbocycles. The summed E-state index contributed by atoms with van der Waals surface area (Å²) >= 11 is 5.87. The SMILES string of the molecule is CNC(=O)C1CCCCN1c1cc(Cl)nc(N)n1. The van der Waals surface area contributed by atoms with Crippen molar-refractivity contribution in [3.8, 4) is 0 Å². The fourth-order valence-corrected chi connectivity index (χ4v) is 2.40. The van der Waals surface area contributed by atoms with E-state index in [0.717, 1.165) is 25.8 Å². The maximum absolute atomic E-state index is 11.9. The fourth-order valence-electron chi connectivity index (χ4n) is 2.21. The Bertz CT molecular complexity index is 433. The Morgan fingerprint density at radius 1 is 1.56 bits per heavy atom. The van der Waals surface area contributed by atoms with Crippen molar-refractivity contribution in [2.45, 2.75) is 25.3 Å². The molecule has 1 aromatic rings. The first-order valence-corrected chi connectivity index (χ1v) is 6.28. The first-order chi connectivity index (χ1) is 8.61. The molecule has 18 heavy (non-hydrogen) atoms. The molecule has 7 heteroatoms. The number of hydrogen-bond acceptors (Lipinski definition) is 5. The van der Waals surface area contributed by atoms with E-state index in [1.165, 1.54) is 0 Å². The summed E-state index contributed by atoms with van der Waals surface area (Å²) in [5, 5.41) is 2.97. The molecule has 1 atom stereocenters. The molecule has 1 aliphatic heterocycles. The van der Waals surface area contributed by atoms with E-state index in [1.54, 1.807) is 13.1 Å². The van der Waals surface area contributed by atoms with E-state index in [0.29, 0.717) is 11.0 Å². The number of hydrogen-bond donors (Lipinski definition) is 2. The van der Waals surface area contributed by atoms with Crippen molar-refractivity contribution in [3.63, 3.8) is 0 Å². The molecule has 0 bridgehead atoms. The lowest BCUT2D eigenvalue weighted by atomic mass is 10.0. The van der Waals surface area contributed by atoms with Gasteiger partial charge in [0.15, 0.2) is 0 Å². The molecule has 3 N–H and O–H groups in total. The van der Waals surface area contributed by atoms with E-state index in [2.05, 4.69) is 15.3 Å². The number of amides is 1. The highest BCUT2D eigenvalue weighted by molar-refractivity contribution is 6.29. The highest BCUT2D eigenvalue weighted by atomic mass is 35.5. The predicted molar refractivity (Wildman–Crippen MR) is 70.5 cm³/mol. The van der Waals surface area contributed by atoms with Crippen LogP contribution < -0.4 is 16.0 Å². The summed E-state index contributed by atoms with van der Waals surface area (Å²) in [5.41, 5.74) is 5.59. The van der Waals surface area contributed by atoms with Crippen molar-refractivity contribution in [1.29, 1.82) is 0 Å². The molecule has 1 fully saturated rings. The Hall–Kier alpha value is -1.56. The van der Waals surface area contributed by atoms with E-state index in [9.17, 15) is 4.79 Å². The minimum atomic E-state index is -0.214. The molecule has 1 aromatic heterocycles. The average Bonchev–Trinajstić information content (AvgIpc) is 2.36. The molecule has 0 radical (unpaired) electrons. The molecule has 98 valence electrons. The number of likely N-dealkylation sites (N-methyl/N-ethyl adjacent to an activating group) is 1. The molecule has 1 unspecified atom stereocenters. The highest BCUT2D eigenvalue weighted by Gasteiger charge is 2.29. The zero-order valence-electron chi connectivity index (χ0n) is 10.2. The van der Waals surface area contributed by atoms with E-state index in [4.69, 9.17) is 17.3 Å². The Balaban J connectivity index is 2.30. The molecular weight excluding hydrogens is 254 g/mol. The monoisotopic (exact) mass is 269 g/mol. The van der Waals surface area contributed by atoms with Crippen molar-refractivity contribution < 1.29 is 4.79 Å². The van der Waals surface area contributed by atoms with E-state index in [1.807, 2.05) is 4.90 Å². The number of carbonyl (C=O) groups excluding carboxylic acids is 1. The second-order valence-corrected chi connectivity index (χ2v) is 4.61. The lowest BCUT2D eigenvalue weighted by Crippen LogP contribution is -2.49. The van der Waals surface area contributed by atoms with Crippen molar-refractivity contribution in [2.24, 2.45) is 0 Å². The van der Waals surface area contributed by atoms with Crippen molar-refractivity contribution in [2.75, 3.05) is 24.2 Å². The van der Waals surface area contributed by atoms with E-state index >= 15 is 0 Å².